The maximum absolute atomic E-state index is 3.70. The molecule has 0 aliphatic carbocycles. The number of hydrogen-bond donors (Lipinski definition) is 0. The van der Waals surface area contributed by atoms with Crippen LogP contribution in [-0.2, 0) is 16.2 Å². The van der Waals surface area contributed by atoms with Crippen LogP contribution >= 0.6 is 15.9 Å². The summed E-state index contributed by atoms with van der Waals surface area (Å²) >= 11 is 3.70. The Morgan fingerprint density at radius 1 is 0.571 bits per heavy atom. The van der Waals surface area contributed by atoms with Gasteiger partial charge in [0.25, 0.3) is 0 Å². The quantitative estimate of drug-likeness (QED) is 0.362. The second-order valence-corrected chi connectivity index (χ2v) is 10.2. The zero-order valence-electron chi connectivity index (χ0n) is 17.9. The molecule has 0 radical (unpaired) electrons. The molecule has 3 rings (SSSR count). The molecule has 0 spiro atoms. The van der Waals surface area contributed by atoms with Crippen molar-refractivity contribution in [1.29, 1.82) is 0 Å². The van der Waals surface area contributed by atoms with Crippen molar-refractivity contribution >= 4 is 15.9 Å². The maximum atomic E-state index is 3.70. The van der Waals surface area contributed by atoms with E-state index >= 15 is 0 Å². The third-order valence-corrected chi connectivity index (χ3v) is 6.00. The third-order valence-electron chi connectivity index (χ3n) is 5.40. The van der Waals surface area contributed by atoms with Gasteiger partial charge in [-0.1, -0.05) is 118 Å². The van der Waals surface area contributed by atoms with Crippen LogP contribution in [0.4, 0.5) is 0 Å². The minimum absolute atomic E-state index is 0.180. The molecule has 3 aromatic carbocycles. The van der Waals surface area contributed by atoms with Crippen molar-refractivity contribution in [3.05, 3.63) is 83.4 Å². The van der Waals surface area contributed by atoms with Gasteiger partial charge in [0.1, 0.15) is 0 Å². The van der Waals surface area contributed by atoms with Gasteiger partial charge in [0.05, 0.1) is 0 Å². The SMILES string of the molecule is CC(C)(C)c1ccc(-c2ccc(-c3ccc(C(C)(C)C)cc3)c(CBr)c2)cc1. The van der Waals surface area contributed by atoms with Gasteiger partial charge >= 0.3 is 0 Å². The van der Waals surface area contributed by atoms with E-state index in [-0.39, 0.29) is 10.8 Å². The molecule has 0 aliphatic heterocycles. The normalized spacial score (nSPS) is 12.2. The fourth-order valence-corrected chi connectivity index (χ4v) is 3.94. The first-order valence-corrected chi connectivity index (χ1v) is 11.1. The minimum Gasteiger partial charge on any atom is -0.0876 e. The predicted octanol–water partition coefficient (Wildman–Crippen LogP) is 8.51. The zero-order valence-corrected chi connectivity index (χ0v) is 19.5. The van der Waals surface area contributed by atoms with Crippen molar-refractivity contribution in [2.75, 3.05) is 0 Å². The monoisotopic (exact) mass is 434 g/mol. The first-order chi connectivity index (χ1) is 13.1. The lowest BCUT2D eigenvalue weighted by molar-refractivity contribution is 0.590. The molecule has 3 aromatic rings. The van der Waals surface area contributed by atoms with Gasteiger partial charge in [0.2, 0.25) is 0 Å². The van der Waals surface area contributed by atoms with Crippen LogP contribution < -0.4 is 0 Å². The summed E-state index contributed by atoms with van der Waals surface area (Å²) in [6.07, 6.45) is 0. The van der Waals surface area contributed by atoms with Crippen LogP contribution in [0.1, 0.15) is 58.2 Å². The molecule has 0 unspecified atom stereocenters. The molecule has 146 valence electrons. The molecule has 28 heavy (non-hydrogen) atoms. The molecule has 0 atom stereocenters. The summed E-state index contributed by atoms with van der Waals surface area (Å²) in [6.45, 7) is 13.5. The summed E-state index contributed by atoms with van der Waals surface area (Å²) in [6, 6.07) is 24.8. The Balaban J connectivity index is 1.94. The van der Waals surface area contributed by atoms with E-state index < -0.39 is 0 Å². The van der Waals surface area contributed by atoms with Gasteiger partial charge in [-0.25, -0.2) is 0 Å². The van der Waals surface area contributed by atoms with Gasteiger partial charge in [0.15, 0.2) is 0 Å². The zero-order chi connectivity index (χ0) is 20.5. The predicted molar refractivity (Wildman–Crippen MR) is 127 cm³/mol. The Morgan fingerprint density at radius 2 is 1.00 bits per heavy atom. The van der Waals surface area contributed by atoms with Crippen LogP contribution in [0.2, 0.25) is 0 Å². The summed E-state index contributed by atoms with van der Waals surface area (Å²) in [4.78, 5) is 0. The standard InChI is InChI=1S/C27H31Br/c1-26(2,3)23-12-7-19(8-13-23)21-11-16-25(22(17-21)18-28)20-9-14-24(15-10-20)27(4,5)6/h7-17H,18H2,1-6H3. The molecular weight excluding hydrogens is 404 g/mol. The maximum Gasteiger partial charge on any atom is 0.0289 e. The molecule has 0 aliphatic rings. The summed E-state index contributed by atoms with van der Waals surface area (Å²) in [5.41, 5.74) is 9.53. The highest BCUT2D eigenvalue weighted by Gasteiger charge is 2.15. The van der Waals surface area contributed by atoms with Crippen molar-refractivity contribution in [2.24, 2.45) is 0 Å². The lowest BCUT2D eigenvalue weighted by atomic mass is 9.85. The Kier molecular flexibility index (Phi) is 5.87. The first kappa shape index (κ1) is 20.9. The van der Waals surface area contributed by atoms with Gasteiger partial charge in [-0.2, -0.15) is 0 Å². The van der Waals surface area contributed by atoms with Gasteiger partial charge < -0.3 is 0 Å². The molecule has 0 heterocycles. The van der Waals surface area contributed by atoms with E-state index in [0.717, 1.165) is 5.33 Å². The molecule has 0 saturated heterocycles. The van der Waals surface area contributed by atoms with Crippen molar-refractivity contribution < 1.29 is 0 Å². The number of rotatable bonds is 3. The van der Waals surface area contributed by atoms with Crippen LogP contribution in [-0.4, -0.2) is 0 Å². The number of halogens is 1. The van der Waals surface area contributed by atoms with Crippen LogP contribution in [0.15, 0.2) is 66.7 Å². The lowest BCUT2D eigenvalue weighted by Crippen LogP contribution is -2.10. The third kappa shape index (κ3) is 4.58. The molecule has 0 bridgehead atoms. The Labute approximate surface area is 179 Å². The number of alkyl halides is 1. The highest BCUT2D eigenvalue weighted by atomic mass is 79.9. The van der Waals surface area contributed by atoms with Crippen molar-refractivity contribution in [3.63, 3.8) is 0 Å². The molecular formula is C27H31Br. The first-order valence-electron chi connectivity index (χ1n) is 10.0. The van der Waals surface area contributed by atoms with Gasteiger partial charge in [-0.05, 0) is 55.8 Å². The average Bonchev–Trinajstić information content (AvgIpc) is 2.66. The van der Waals surface area contributed by atoms with Crippen molar-refractivity contribution in [1.82, 2.24) is 0 Å². The lowest BCUT2D eigenvalue weighted by Gasteiger charge is -2.20. The average molecular weight is 435 g/mol. The molecule has 0 saturated carbocycles. The highest BCUT2D eigenvalue weighted by Crippen LogP contribution is 2.33. The second kappa shape index (κ2) is 7.87. The minimum atomic E-state index is 0.180. The van der Waals surface area contributed by atoms with Crippen LogP contribution in [0, 0.1) is 0 Å². The Morgan fingerprint density at radius 3 is 1.43 bits per heavy atom. The van der Waals surface area contributed by atoms with Crippen molar-refractivity contribution in [3.8, 4) is 22.3 Å². The van der Waals surface area contributed by atoms with E-state index in [4.69, 9.17) is 0 Å². The van der Waals surface area contributed by atoms with E-state index in [1.165, 1.54) is 38.9 Å². The number of hydrogen-bond acceptors (Lipinski definition) is 0. The largest absolute Gasteiger partial charge is 0.0876 e. The molecule has 0 N–H and O–H groups in total. The Hall–Kier alpha value is -1.86. The molecule has 0 amide bonds. The van der Waals surface area contributed by atoms with Crippen LogP contribution in [0.25, 0.3) is 22.3 Å². The van der Waals surface area contributed by atoms with Crippen LogP contribution in [0.3, 0.4) is 0 Å². The van der Waals surface area contributed by atoms with Gasteiger partial charge in [0, 0.05) is 5.33 Å². The fraction of sp³-hybridized carbons (Fsp3) is 0.333. The van der Waals surface area contributed by atoms with E-state index in [1.807, 2.05) is 0 Å². The van der Waals surface area contributed by atoms with E-state index in [2.05, 4.69) is 124 Å². The van der Waals surface area contributed by atoms with Crippen LogP contribution in [0.5, 0.6) is 0 Å². The van der Waals surface area contributed by atoms with Crippen molar-refractivity contribution in [2.45, 2.75) is 57.7 Å². The molecule has 0 aromatic heterocycles. The molecule has 0 nitrogen and oxygen atoms in total. The summed E-state index contributed by atoms with van der Waals surface area (Å²) in [5, 5.41) is 0.845. The van der Waals surface area contributed by atoms with Gasteiger partial charge in [-0.15, -0.1) is 0 Å². The van der Waals surface area contributed by atoms with E-state index in [9.17, 15) is 0 Å². The second-order valence-electron chi connectivity index (χ2n) is 9.66. The summed E-state index contributed by atoms with van der Waals surface area (Å²) in [7, 11) is 0. The Bertz CT molecular complexity index is 934. The topological polar surface area (TPSA) is 0 Å². The number of benzene rings is 3. The molecule has 1 heteroatoms. The van der Waals surface area contributed by atoms with E-state index in [1.54, 1.807) is 0 Å². The van der Waals surface area contributed by atoms with Gasteiger partial charge in [-0.3, -0.25) is 0 Å². The smallest absolute Gasteiger partial charge is 0.0289 e. The fourth-order valence-electron chi connectivity index (χ4n) is 3.48. The van der Waals surface area contributed by atoms with E-state index in [0.29, 0.717) is 0 Å². The molecule has 0 fully saturated rings. The summed E-state index contributed by atoms with van der Waals surface area (Å²) < 4.78 is 0. The summed E-state index contributed by atoms with van der Waals surface area (Å²) in [5.74, 6) is 0. The highest BCUT2D eigenvalue weighted by molar-refractivity contribution is 9.08.